The fourth-order valence-corrected chi connectivity index (χ4v) is 4.33. The minimum Gasteiger partial charge on any atom is -0.493 e. The molecule has 0 aliphatic heterocycles. The van der Waals surface area contributed by atoms with Crippen molar-refractivity contribution in [3.8, 4) is 5.88 Å². The average Bonchev–Trinajstić information content (AvgIpc) is 3.26. The molecule has 3 N–H and O–H groups in total. The molecule has 3 rings (SSSR count). The van der Waals surface area contributed by atoms with Gasteiger partial charge in [-0.1, -0.05) is 50.5 Å². The van der Waals surface area contributed by atoms with Crippen molar-refractivity contribution in [3.63, 3.8) is 0 Å². The zero-order chi connectivity index (χ0) is 18.5. The lowest BCUT2D eigenvalue weighted by Crippen LogP contribution is -2.19. The second kappa shape index (κ2) is 8.72. The molecular formula is C22H33N3O. The summed E-state index contributed by atoms with van der Waals surface area (Å²) in [4.78, 5) is 4.55. The van der Waals surface area contributed by atoms with Gasteiger partial charge in [-0.05, 0) is 55.7 Å². The van der Waals surface area contributed by atoms with Crippen molar-refractivity contribution in [2.75, 3.05) is 6.54 Å². The molecule has 1 saturated carbocycles. The molecular weight excluding hydrogens is 322 g/mol. The van der Waals surface area contributed by atoms with Crippen LogP contribution in [0.15, 0.2) is 24.3 Å². The number of hydrogen-bond acceptors (Lipinski definition) is 3. The maximum absolute atomic E-state index is 10.4. The summed E-state index contributed by atoms with van der Waals surface area (Å²) < 4.78 is 1.96. The van der Waals surface area contributed by atoms with Gasteiger partial charge in [-0.3, -0.25) is 4.57 Å². The van der Waals surface area contributed by atoms with Crippen LogP contribution in [0.5, 0.6) is 5.88 Å². The Morgan fingerprint density at radius 2 is 1.92 bits per heavy atom. The highest BCUT2D eigenvalue weighted by atomic mass is 16.3. The van der Waals surface area contributed by atoms with Gasteiger partial charge in [-0.2, -0.15) is 0 Å². The SMILES string of the molecule is CCCCc1nc(C)c(O)n1Cc1ccc(C(CN)C2CCCC2)cc1. The summed E-state index contributed by atoms with van der Waals surface area (Å²) >= 11 is 0. The van der Waals surface area contributed by atoms with E-state index in [9.17, 15) is 5.11 Å². The maximum Gasteiger partial charge on any atom is 0.214 e. The van der Waals surface area contributed by atoms with Crippen LogP contribution in [-0.2, 0) is 13.0 Å². The van der Waals surface area contributed by atoms with Crippen LogP contribution >= 0.6 is 0 Å². The number of benzene rings is 1. The smallest absolute Gasteiger partial charge is 0.214 e. The van der Waals surface area contributed by atoms with Crippen LogP contribution in [0.4, 0.5) is 0 Å². The fourth-order valence-electron chi connectivity index (χ4n) is 4.33. The highest BCUT2D eigenvalue weighted by molar-refractivity contribution is 5.29. The molecule has 1 fully saturated rings. The number of aryl methyl sites for hydroxylation is 2. The van der Waals surface area contributed by atoms with E-state index in [4.69, 9.17) is 5.73 Å². The Morgan fingerprint density at radius 3 is 2.54 bits per heavy atom. The van der Waals surface area contributed by atoms with Gasteiger partial charge in [0.15, 0.2) is 0 Å². The molecule has 1 aliphatic carbocycles. The molecule has 4 heteroatoms. The summed E-state index contributed by atoms with van der Waals surface area (Å²) in [5, 5.41) is 10.4. The number of nitrogens with two attached hydrogens (primary N) is 1. The van der Waals surface area contributed by atoms with Gasteiger partial charge in [0.2, 0.25) is 5.88 Å². The number of unbranched alkanes of at least 4 members (excludes halogenated alkanes) is 1. The first kappa shape index (κ1) is 19.0. The largest absolute Gasteiger partial charge is 0.493 e. The van der Waals surface area contributed by atoms with E-state index in [0.29, 0.717) is 18.3 Å². The quantitative estimate of drug-likeness (QED) is 0.732. The molecule has 1 aromatic heterocycles. The summed E-state index contributed by atoms with van der Waals surface area (Å²) in [7, 11) is 0. The highest BCUT2D eigenvalue weighted by Crippen LogP contribution is 2.36. The van der Waals surface area contributed by atoms with Gasteiger partial charge in [0.25, 0.3) is 0 Å². The van der Waals surface area contributed by atoms with Crippen molar-refractivity contribution >= 4 is 0 Å². The molecule has 1 heterocycles. The molecule has 0 bridgehead atoms. The van der Waals surface area contributed by atoms with Gasteiger partial charge >= 0.3 is 0 Å². The van der Waals surface area contributed by atoms with Crippen molar-refractivity contribution in [2.45, 2.75) is 71.3 Å². The molecule has 0 amide bonds. The number of rotatable bonds is 8. The Kier molecular flexibility index (Phi) is 6.36. The van der Waals surface area contributed by atoms with Crippen molar-refractivity contribution in [1.82, 2.24) is 9.55 Å². The minimum absolute atomic E-state index is 0.297. The number of aromatic hydroxyl groups is 1. The van der Waals surface area contributed by atoms with Crippen molar-refractivity contribution in [2.24, 2.45) is 11.7 Å². The Bertz CT molecular complexity index is 699. The predicted molar refractivity (Wildman–Crippen MR) is 107 cm³/mol. The van der Waals surface area contributed by atoms with Crippen molar-refractivity contribution in [3.05, 3.63) is 46.9 Å². The third kappa shape index (κ3) is 4.12. The Balaban J connectivity index is 1.75. The number of imidazole rings is 1. The monoisotopic (exact) mass is 355 g/mol. The summed E-state index contributed by atoms with van der Waals surface area (Å²) in [5.74, 6) is 2.50. The lowest BCUT2D eigenvalue weighted by atomic mass is 9.84. The lowest BCUT2D eigenvalue weighted by molar-refractivity contribution is 0.416. The number of hydrogen-bond donors (Lipinski definition) is 2. The summed E-state index contributed by atoms with van der Waals surface area (Å²) in [6.45, 7) is 5.45. The van der Waals surface area contributed by atoms with E-state index < -0.39 is 0 Å². The van der Waals surface area contributed by atoms with Gasteiger partial charge in [0.05, 0.1) is 12.2 Å². The first-order valence-electron chi connectivity index (χ1n) is 10.2. The van der Waals surface area contributed by atoms with Gasteiger partial charge < -0.3 is 10.8 Å². The molecule has 1 aliphatic rings. The van der Waals surface area contributed by atoms with E-state index in [2.05, 4.69) is 36.2 Å². The second-order valence-electron chi connectivity index (χ2n) is 7.76. The van der Waals surface area contributed by atoms with E-state index >= 15 is 0 Å². The molecule has 142 valence electrons. The van der Waals surface area contributed by atoms with E-state index in [-0.39, 0.29) is 0 Å². The zero-order valence-electron chi connectivity index (χ0n) is 16.2. The van der Waals surface area contributed by atoms with E-state index in [1.54, 1.807) is 0 Å². The van der Waals surface area contributed by atoms with E-state index in [1.165, 1.54) is 36.8 Å². The minimum atomic E-state index is 0.297. The highest BCUT2D eigenvalue weighted by Gasteiger charge is 2.25. The van der Waals surface area contributed by atoms with Crippen LogP contribution in [-0.4, -0.2) is 21.2 Å². The Labute approximate surface area is 157 Å². The van der Waals surface area contributed by atoms with Crippen LogP contribution < -0.4 is 5.73 Å². The summed E-state index contributed by atoms with van der Waals surface area (Å²) in [5.41, 5.74) is 9.37. The molecule has 1 atom stereocenters. The number of aromatic nitrogens is 2. The molecule has 0 spiro atoms. The summed E-state index contributed by atoms with van der Waals surface area (Å²) in [6, 6.07) is 8.84. The Morgan fingerprint density at radius 1 is 1.23 bits per heavy atom. The third-order valence-electron chi connectivity index (χ3n) is 5.91. The first-order valence-corrected chi connectivity index (χ1v) is 10.2. The van der Waals surface area contributed by atoms with Crippen LogP contribution in [0, 0.1) is 12.8 Å². The zero-order valence-corrected chi connectivity index (χ0v) is 16.2. The third-order valence-corrected chi connectivity index (χ3v) is 5.91. The van der Waals surface area contributed by atoms with Crippen molar-refractivity contribution < 1.29 is 5.11 Å². The predicted octanol–water partition coefficient (Wildman–Crippen LogP) is 4.52. The maximum atomic E-state index is 10.4. The van der Waals surface area contributed by atoms with E-state index in [1.807, 2.05) is 11.5 Å². The van der Waals surface area contributed by atoms with Crippen LogP contribution in [0.3, 0.4) is 0 Å². The topological polar surface area (TPSA) is 64.1 Å². The molecule has 0 radical (unpaired) electrons. The van der Waals surface area contributed by atoms with Gasteiger partial charge in [-0.25, -0.2) is 4.98 Å². The fraction of sp³-hybridized carbons (Fsp3) is 0.591. The van der Waals surface area contributed by atoms with Gasteiger partial charge in [0, 0.05) is 6.42 Å². The second-order valence-corrected chi connectivity index (χ2v) is 7.76. The normalized spacial score (nSPS) is 16.3. The average molecular weight is 356 g/mol. The van der Waals surface area contributed by atoms with Crippen LogP contribution in [0.2, 0.25) is 0 Å². The van der Waals surface area contributed by atoms with E-state index in [0.717, 1.165) is 43.2 Å². The standard InChI is InChI=1S/C22H33N3O/c1-3-4-9-21-24-16(2)22(26)25(21)15-17-10-12-19(13-11-17)20(14-23)18-7-5-6-8-18/h10-13,18,20,26H,3-9,14-15,23H2,1-2H3. The van der Waals surface area contributed by atoms with Gasteiger partial charge in [0.1, 0.15) is 5.82 Å². The number of nitrogens with zero attached hydrogens (tertiary/aromatic N) is 2. The van der Waals surface area contributed by atoms with Crippen LogP contribution in [0.25, 0.3) is 0 Å². The molecule has 26 heavy (non-hydrogen) atoms. The Hall–Kier alpha value is -1.81. The molecule has 0 saturated heterocycles. The van der Waals surface area contributed by atoms with Crippen LogP contribution in [0.1, 0.15) is 74.0 Å². The van der Waals surface area contributed by atoms with Gasteiger partial charge in [-0.15, -0.1) is 0 Å². The molecule has 1 aromatic carbocycles. The lowest BCUT2D eigenvalue weighted by Gasteiger charge is -2.22. The first-order chi connectivity index (χ1) is 12.6. The molecule has 2 aromatic rings. The molecule has 4 nitrogen and oxygen atoms in total. The summed E-state index contributed by atoms with van der Waals surface area (Å²) in [6.07, 6.45) is 8.45. The molecule has 1 unspecified atom stereocenters. The van der Waals surface area contributed by atoms with Crippen molar-refractivity contribution in [1.29, 1.82) is 0 Å².